The second-order valence-electron chi connectivity index (χ2n) is 25.9. The van der Waals surface area contributed by atoms with E-state index in [-0.39, 0.29) is 6.61 Å². The predicted molar refractivity (Wildman–Crippen MR) is 449 cm³/mol. The zero-order valence-corrected chi connectivity index (χ0v) is 74.2. The van der Waals surface area contributed by atoms with Crippen LogP contribution in [0.4, 0.5) is 0 Å². The molecule has 36 nitrogen and oxygen atoms in total. The molecular formula is C85H164O36. The van der Waals surface area contributed by atoms with Gasteiger partial charge in [-0.2, -0.15) is 0 Å². The molecule has 0 fully saturated rings. The van der Waals surface area contributed by atoms with E-state index in [4.69, 9.17) is 171 Å². The summed E-state index contributed by atoms with van der Waals surface area (Å²) >= 11 is 0. The Morgan fingerprint density at radius 3 is 0.413 bits per heavy atom. The quantitative estimate of drug-likeness (QED) is 0.0846. The van der Waals surface area contributed by atoms with Gasteiger partial charge in [0.15, 0.2) is 0 Å². The van der Waals surface area contributed by atoms with Gasteiger partial charge in [-0.25, -0.2) is 0 Å². The highest BCUT2D eigenvalue weighted by Crippen LogP contribution is 2.16. The molecule has 0 spiro atoms. The van der Waals surface area contributed by atoms with E-state index >= 15 is 0 Å². The number of benzene rings is 1. The molecule has 0 unspecified atom stereocenters. The molecule has 0 aliphatic rings. The van der Waals surface area contributed by atoms with Crippen LogP contribution in [-0.4, -0.2) is 468 Å². The van der Waals surface area contributed by atoms with Crippen LogP contribution in [0.3, 0.4) is 0 Å². The first-order valence-corrected chi connectivity index (χ1v) is 44.3. The third kappa shape index (κ3) is 105. The minimum Gasteiger partial charge on any atom is -0.491 e. The van der Waals surface area contributed by atoms with E-state index in [0.29, 0.717) is 456 Å². The molecule has 0 amide bonds. The Morgan fingerprint density at radius 1 is 0.149 bits per heavy atom. The number of ether oxygens (including phenoxy) is 35. The number of aliphatic hydroxyl groups is 1. The van der Waals surface area contributed by atoms with E-state index in [1.807, 2.05) is 0 Å². The number of hydrogen-bond acceptors (Lipinski definition) is 36. The standard InChI is InChI=1S/C85H164O36/c1-2-3-4-5-6-7-8-9-84-10-12-85(13-11-84)121-83-82-120-81-80-119-79-78-118-77-76-117-75-74-116-73-72-115-71-70-114-69-68-113-67-66-112-65-64-111-63-62-110-61-60-109-59-58-108-57-56-107-55-54-106-53-52-105-51-50-104-49-48-103-47-46-102-45-44-101-43-42-100-41-40-99-39-38-98-37-36-97-35-34-96-33-32-95-31-30-94-29-28-93-27-26-92-25-24-91-23-22-90-21-20-89-19-18-88-17-16-87-15-14-86/h10-13,86H,2-9,14-83H2,1H3. The average Bonchev–Trinajstić information content (AvgIpc) is 0.913. The van der Waals surface area contributed by atoms with Crippen molar-refractivity contribution in [2.75, 3.05) is 462 Å². The second kappa shape index (κ2) is 110. The Balaban J connectivity index is 1.59. The van der Waals surface area contributed by atoms with Crippen molar-refractivity contribution in [3.63, 3.8) is 0 Å². The van der Waals surface area contributed by atoms with E-state index in [0.717, 1.165) is 12.2 Å². The monoisotopic (exact) mass is 1760 g/mol. The third-order valence-electron chi connectivity index (χ3n) is 16.0. The van der Waals surface area contributed by atoms with Crippen molar-refractivity contribution >= 4 is 0 Å². The molecule has 1 aromatic rings. The lowest BCUT2D eigenvalue weighted by Gasteiger charge is -2.09. The first-order chi connectivity index (χ1) is 60.4. The summed E-state index contributed by atoms with van der Waals surface area (Å²) in [5, 5.41) is 8.63. The fraction of sp³-hybridized carbons (Fsp3) is 0.929. The number of rotatable bonds is 113. The highest BCUT2D eigenvalue weighted by molar-refractivity contribution is 5.27. The van der Waals surface area contributed by atoms with Crippen LogP contribution in [0.5, 0.6) is 5.75 Å². The minimum absolute atomic E-state index is 0.0155. The maximum atomic E-state index is 8.63. The molecule has 0 heterocycles. The van der Waals surface area contributed by atoms with Gasteiger partial charge >= 0.3 is 0 Å². The van der Waals surface area contributed by atoms with E-state index < -0.39 is 0 Å². The van der Waals surface area contributed by atoms with Crippen LogP contribution >= 0.6 is 0 Å². The molecule has 1 N–H and O–H groups in total. The number of hydrogen-bond donors (Lipinski definition) is 1. The molecule has 0 radical (unpaired) electrons. The second-order valence-corrected chi connectivity index (χ2v) is 25.9. The Morgan fingerprint density at radius 2 is 0.273 bits per heavy atom. The van der Waals surface area contributed by atoms with E-state index in [1.165, 1.54) is 50.5 Å². The van der Waals surface area contributed by atoms with Crippen molar-refractivity contribution in [3.8, 4) is 5.75 Å². The van der Waals surface area contributed by atoms with Crippen LogP contribution in [-0.2, 0) is 167 Å². The third-order valence-corrected chi connectivity index (χ3v) is 16.0. The van der Waals surface area contributed by atoms with Gasteiger partial charge in [0.05, 0.1) is 456 Å². The van der Waals surface area contributed by atoms with Crippen molar-refractivity contribution in [2.24, 2.45) is 0 Å². The lowest BCUT2D eigenvalue weighted by atomic mass is 10.0. The van der Waals surface area contributed by atoms with Gasteiger partial charge in [0.25, 0.3) is 0 Å². The Hall–Kier alpha value is -2.38. The molecule has 0 bridgehead atoms. The normalized spacial score (nSPS) is 11.8. The molecule has 1 rings (SSSR count). The van der Waals surface area contributed by atoms with Crippen LogP contribution in [0.1, 0.15) is 57.4 Å². The fourth-order valence-electron chi connectivity index (χ4n) is 9.68. The van der Waals surface area contributed by atoms with Crippen LogP contribution in [0, 0.1) is 0 Å². The SMILES string of the molecule is CCCCCCCCCc1ccc(OCCOCCOCCOCCOCCOCCOCCOCCOCCOCCOCCOCCOCCOCCOCCOCCOCCOCCOCCOCCOCCOCCOCCOCCOCCOCCOCCOCCOCCOCCOCCOCCOCCOCCOCCO)cc1. The largest absolute Gasteiger partial charge is 0.491 e. The van der Waals surface area contributed by atoms with Crippen LogP contribution in [0.25, 0.3) is 0 Å². The molecule has 0 aliphatic heterocycles. The first kappa shape index (κ1) is 117. The number of aliphatic hydroxyl groups excluding tert-OH is 1. The van der Waals surface area contributed by atoms with Gasteiger partial charge in [-0.3, -0.25) is 0 Å². The van der Waals surface area contributed by atoms with E-state index in [2.05, 4.69) is 31.2 Å². The Bertz CT molecular complexity index is 1960. The average molecular weight is 1760 g/mol. The van der Waals surface area contributed by atoms with Gasteiger partial charge in [-0.1, -0.05) is 57.6 Å². The molecule has 0 saturated carbocycles. The first-order valence-electron chi connectivity index (χ1n) is 44.3. The van der Waals surface area contributed by atoms with Gasteiger partial charge < -0.3 is 171 Å². The highest BCUT2D eigenvalue weighted by Gasteiger charge is 2.05. The number of aryl methyl sites for hydroxylation is 1. The molecular weight excluding hydrogens is 1600 g/mol. The molecule has 0 atom stereocenters. The van der Waals surface area contributed by atoms with E-state index in [9.17, 15) is 0 Å². The van der Waals surface area contributed by atoms with E-state index in [1.54, 1.807) is 0 Å². The van der Waals surface area contributed by atoms with Crippen molar-refractivity contribution in [2.45, 2.75) is 58.3 Å². The van der Waals surface area contributed by atoms with Gasteiger partial charge in [-0.05, 0) is 30.5 Å². The van der Waals surface area contributed by atoms with Crippen LogP contribution in [0.2, 0.25) is 0 Å². The summed E-state index contributed by atoms with van der Waals surface area (Å²) in [6.45, 7) is 35.5. The molecule has 0 saturated heterocycles. The zero-order valence-electron chi connectivity index (χ0n) is 74.2. The van der Waals surface area contributed by atoms with Crippen molar-refractivity contribution in [1.29, 1.82) is 0 Å². The predicted octanol–water partition coefficient (Wildman–Crippen LogP) is 4.92. The minimum atomic E-state index is 0.0155. The van der Waals surface area contributed by atoms with Crippen molar-refractivity contribution < 1.29 is 171 Å². The molecule has 36 heteroatoms. The van der Waals surface area contributed by atoms with Crippen molar-refractivity contribution in [3.05, 3.63) is 29.8 Å². The van der Waals surface area contributed by atoms with Gasteiger partial charge in [0.1, 0.15) is 12.4 Å². The van der Waals surface area contributed by atoms with Gasteiger partial charge in [0.2, 0.25) is 0 Å². The summed E-state index contributed by atoms with van der Waals surface area (Å²) in [4.78, 5) is 0. The highest BCUT2D eigenvalue weighted by atomic mass is 16.6. The summed E-state index contributed by atoms with van der Waals surface area (Å²) in [5.74, 6) is 0.879. The van der Waals surface area contributed by atoms with Gasteiger partial charge in [0, 0.05) is 0 Å². The lowest BCUT2D eigenvalue weighted by molar-refractivity contribution is -0.0327. The summed E-state index contributed by atoms with van der Waals surface area (Å²) in [6.07, 6.45) is 10.4. The molecule has 121 heavy (non-hydrogen) atoms. The van der Waals surface area contributed by atoms with Crippen molar-refractivity contribution in [1.82, 2.24) is 0 Å². The molecule has 0 aromatic heterocycles. The zero-order chi connectivity index (χ0) is 85.9. The maximum absolute atomic E-state index is 8.63. The smallest absolute Gasteiger partial charge is 0.119 e. The Labute approximate surface area is 724 Å². The molecule has 0 aliphatic carbocycles. The topological polar surface area (TPSA) is 343 Å². The summed E-state index contributed by atoms with van der Waals surface area (Å²) in [6, 6.07) is 8.44. The summed E-state index contributed by atoms with van der Waals surface area (Å²) in [5.41, 5.74) is 1.37. The van der Waals surface area contributed by atoms with Gasteiger partial charge in [-0.15, -0.1) is 0 Å². The number of unbranched alkanes of at least 4 members (excludes halogenated alkanes) is 6. The lowest BCUT2D eigenvalue weighted by Crippen LogP contribution is -2.16. The maximum Gasteiger partial charge on any atom is 0.119 e. The summed E-state index contributed by atoms with van der Waals surface area (Å²) in [7, 11) is 0. The molecule has 1 aromatic carbocycles. The van der Waals surface area contributed by atoms with Crippen LogP contribution < -0.4 is 4.74 Å². The molecule has 720 valence electrons. The van der Waals surface area contributed by atoms with Crippen LogP contribution in [0.15, 0.2) is 24.3 Å². The fourth-order valence-corrected chi connectivity index (χ4v) is 9.68. The Kier molecular flexibility index (Phi) is 106. The summed E-state index contributed by atoms with van der Waals surface area (Å²) < 4.78 is 194.